The Morgan fingerprint density at radius 2 is 1.88 bits per heavy atom. The molecule has 0 aliphatic carbocycles. The van der Waals surface area contributed by atoms with Crippen molar-refractivity contribution in [1.82, 2.24) is 15.2 Å². The Bertz CT molecular complexity index is 721. The van der Waals surface area contributed by atoms with Crippen LogP contribution >= 0.6 is 0 Å². The second kappa shape index (κ2) is 7.79. The van der Waals surface area contributed by atoms with Gasteiger partial charge in [-0.1, -0.05) is 18.2 Å². The number of anilines is 1. The summed E-state index contributed by atoms with van der Waals surface area (Å²) in [5, 5.41) is 5.85. The third-order valence-electron chi connectivity index (χ3n) is 4.41. The molecule has 1 aromatic carbocycles. The molecule has 2 N–H and O–H groups in total. The van der Waals surface area contributed by atoms with E-state index >= 15 is 0 Å². The van der Waals surface area contributed by atoms with Gasteiger partial charge < -0.3 is 15.5 Å². The molecule has 1 fully saturated rings. The summed E-state index contributed by atoms with van der Waals surface area (Å²) >= 11 is 0. The standard InChI is InChI=1S/C19H22N4O2/c1-14(15-9-11-20-12-10-15)21-18(24)17-8-5-13-23(17)19(25)22-16-6-3-2-4-7-16/h2-4,6-7,9-12,14,17H,5,8,13H2,1H3,(H,21,24)(H,22,25). The zero-order valence-electron chi connectivity index (χ0n) is 14.2. The highest BCUT2D eigenvalue weighted by molar-refractivity contribution is 5.94. The van der Waals surface area contributed by atoms with Gasteiger partial charge in [0.05, 0.1) is 6.04 Å². The number of pyridine rings is 1. The second-order valence-corrected chi connectivity index (χ2v) is 6.16. The van der Waals surface area contributed by atoms with Crippen LogP contribution < -0.4 is 10.6 Å². The molecule has 25 heavy (non-hydrogen) atoms. The molecule has 0 spiro atoms. The zero-order valence-corrected chi connectivity index (χ0v) is 14.2. The fraction of sp³-hybridized carbons (Fsp3) is 0.316. The third kappa shape index (κ3) is 4.15. The van der Waals surface area contributed by atoms with Gasteiger partial charge in [0.1, 0.15) is 6.04 Å². The summed E-state index contributed by atoms with van der Waals surface area (Å²) in [6.45, 7) is 2.51. The van der Waals surface area contributed by atoms with Gasteiger partial charge in [0.15, 0.2) is 0 Å². The molecular weight excluding hydrogens is 316 g/mol. The molecule has 2 aromatic rings. The number of para-hydroxylation sites is 1. The summed E-state index contributed by atoms with van der Waals surface area (Å²) in [5.41, 5.74) is 1.71. The van der Waals surface area contributed by atoms with Crippen LogP contribution in [0.4, 0.5) is 10.5 Å². The first-order valence-electron chi connectivity index (χ1n) is 8.48. The Kier molecular flexibility index (Phi) is 5.28. The normalized spacial score (nSPS) is 17.8. The molecule has 0 radical (unpaired) electrons. The van der Waals surface area contributed by atoms with Gasteiger partial charge >= 0.3 is 6.03 Å². The summed E-state index contributed by atoms with van der Waals surface area (Å²) in [5.74, 6) is -0.120. The van der Waals surface area contributed by atoms with Crippen molar-refractivity contribution in [3.63, 3.8) is 0 Å². The second-order valence-electron chi connectivity index (χ2n) is 6.16. The zero-order chi connectivity index (χ0) is 17.6. The Labute approximate surface area is 147 Å². The quantitative estimate of drug-likeness (QED) is 0.900. The average Bonchev–Trinajstić information content (AvgIpc) is 3.13. The summed E-state index contributed by atoms with van der Waals surface area (Å²) in [4.78, 5) is 30.8. The average molecular weight is 338 g/mol. The molecule has 6 nitrogen and oxygen atoms in total. The summed E-state index contributed by atoms with van der Waals surface area (Å²) in [7, 11) is 0. The number of carbonyl (C=O) groups is 2. The third-order valence-corrected chi connectivity index (χ3v) is 4.41. The molecule has 0 saturated carbocycles. The van der Waals surface area contributed by atoms with E-state index in [1.54, 1.807) is 17.3 Å². The number of nitrogens with zero attached hydrogens (tertiary/aromatic N) is 2. The molecule has 6 heteroatoms. The Balaban J connectivity index is 1.62. The molecule has 2 unspecified atom stereocenters. The van der Waals surface area contributed by atoms with Crippen LogP contribution in [0.5, 0.6) is 0 Å². The Morgan fingerprint density at radius 3 is 2.60 bits per heavy atom. The number of likely N-dealkylation sites (tertiary alicyclic amines) is 1. The lowest BCUT2D eigenvalue weighted by Gasteiger charge is -2.26. The van der Waals surface area contributed by atoms with Crippen LogP contribution in [0.2, 0.25) is 0 Å². The van der Waals surface area contributed by atoms with E-state index in [1.807, 2.05) is 49.4 Å². The van der Waals surface area contributed by atoms with E-state index in [9.17, 15) is 9.59 Å². The first-order valence-corrected chi connectivity index (χ1v) is 8.48. The summed E-state index contributed by atoms with van der Waals surface area (Å²) in [6, 6.07) is 12.2. The van der Waals surface area contributed by atoms with Gasteiger partial charge in [0.2, 0.25) is 5.91 Å². The fourth-order valence-corrected chi connectivity index (χ4v) is 3.04. The number of carbonyl (C=O) groups excluding carboxylic acids is 2. The first-order chi connectivity index (χ1) is 12.1. The lowest BCUT2D eigenvalue weighted by Crippen LogP contribution is -2.47. The van der Waals surface area contributed by atoms with Crippen molar-refractivity contribution in [2.75, 3.05) is 11.9 Å². The summed E-state index contributed by atoms with van der Waals surface area (Å²) in [6.07, 6.45) is 4.90. The van der Waals surface area contributed by atoms with Crippen molar-refractivity contribution in [3.8, 4) is 0 Å². The number of benzene rings is 1. The number of amides is 3. The predicted molar refractivity (Wildman–Crippen MR) is 96.0 cm³/mol. The minimum atomic E-state index is -0.437. The molecule has 2 heterocycles. The molecule has 1 saturated heterocycles. The maximum atomic E-state index is 12.6. The number of urea groups is 1. The predicted octanol–water partition coefficient (Wildman–Crippen LogP) is 2.96. The van der Waals surface area contributed by atoms with Crippen molar-refractivity contribution in [3.05, 3.63) is 60.4 Å². The lowest BCUT2D eigenvalue weighted by molar-refractivity contribution is -0.125. The van der Waals surface area contributed by atoms with E-state index in [0.29, 0.717) is 13.0 Å². The van der Waals surface area contributed by atoms with Crippen molar-refractivity contribution in [2.24, 2.45) is 0 Å². The van der Waals surface area contributed by atoms with Crippen LogP contribution in [-0.4, -0.2) is 34.4 Å². The van der Waals surface area contributed by atoms with Crippen LogP contribution in [0.25, 0.3) is 0 Å². The van der Waals surface area contributed by atoms with Crippen LogP contribution in [-0.2, 0) is 4.79 Å². The maximum absolute atomic E-state index is 12.6. The highest BCUT2D eigenvalue weighted by Gasteiger charge is 2.34. The number of hydrogen-bond donors (Lipinski definition) is 2. The topological polar surface area (TPSA) is 74.3 Å². The van der Waals surface area contributed by atoms with E-state index in [1.165, 1.54) is 0 Å². The van der Waals surface area contributed by atoms with Gasteiger partial charge in [-0.3, -0.25) is 9.78 Å². The van der Waals surface area contributed by atoms with Crippen molar-refractivity contribution in [1.29, 1.82) is 0 Å². The smallest absolute Gasteiger partial charge is 0.322 e. The SMILES string of the molecule is CC(NC(=O)C1CCCN1C(=O)Nc1ccccc1)c1ccncc1. The first kappa shape index (κ1) is 17.0. The lowest BCUT2D eigenvalue weighted by atomic mass is 10.1. The minimum Gasteiger partial charge on any atom is -0.348 e. The number of aromatic nitrogens is 1. The van der Waals surface area contributed by atoms with Gasteiger partial charge in [0, 0.05) is 24.6 Å². The molecule has 130 valence electrons. The maximum Gasteiger partial charge on any atom is 0.322 e. The fourth-order valence-electron chi connectivity index (χ4n) is 3.04. The Hall–Kier alpha value is -2.89. The van der Waals surface area contributed by atoms with Gasteiger partial charge in [-0.15, -0.1) is 0 Å². The largest absolute Gasteiger partial charge is 0.348 e. The molecular formula is C19H22N4O2. The van der Waals surface area contributed by atoms with E-state index in [2.05, 4.69) is 15.6 Å². The van der Waals surface area contributed by atoms with Crippen LogP contribution in [0.15, 0.2) is 54.9 Å². The molecule has 3 rings (SSSR count). The van der Waals surface area contributed by atoms with E-state index in [4.69, 9.17) is 0 Å². The molecule has 1 aliphatic heterocycles. The number of nitrogens with one attached hydrogen (secondary N) is 2. The van der Waals surface area contributed by atoms with Gasteiger partial charge in [-0.05, 0) is 49.6 Å². The highest BCUT2D eigenvalue weighted by Crippen LogP contribution is 2.20. The van der Waals surface area contributed by atoms with Crippen molar-refractivity contribution in [2.45, 2.75) is 31.8 Å². The monoisotopic (exact) mass is 338 g/mol. The van der Waals surface area contributed by atoms with Crippen LogP contribution in [0, 0.1) is 0 Å². The van der Waals surface area contributed by atoms with Crippen LogP contribution in [0.1, 0.15) is 31.4 Å². The molecule has 2 atom stereocenters. The number of hydrogen-bond acceptors (Lipinski definition) is 3. The molecule has 1 aliphatic rings. The van der Waals surface area contributed by atoms with E-state index in [0.717, 1.165) is 17.7 Å². The number of rotatable bonds is 4. The van der Waals surface area contributed by atoms with Crippen LogP contribution in [0.3, 0.4) is 0 Å². The van der Waals surface area contributed by atoms with Crippen molar-refractivity contribution >= 4 is 17.6 Å². The van der Waals surface area contributed by atoms with Gasteiger partial charge in [0.25, 0.3) is 0 Å². The highest BCUT2D eigenvalue weighted by atomic mass is 16.2. The molecule has 1 aromatic heterocycles. The summed E-state index contributed by atoms with van der Waals surface area (Å²) < 4.78 is 0. The minimum absolute atomic E-state index is 0.120. The Morgan fingerprint density at radius 1 is 1.16 bits per heavy atom. The van der Waals surface area contributed by atoms with Gasteiger partial charge in [-0.25, -0.2) is 4.79 Å². The van der Waals surface area contributed by atoms with E-state index < -0.39 is 6.04 Å². The van der Waals surface area contributed by atoms with Crippen molar-refractivity contribution < 1.29 is 9.59 Å². The molecule has 3 amide bonds. The van der Waals surface area contributed by atoms with Gasteiger partial charge in [-0.2, -0.15) is 0 Å². The van der Waals surface area contributed by atoms with E-state index in [-0.39, 0.29) is 18.0 Å². The molecule has 0 bridgehead atoms.